The minimum absolute atomic E-state index is 0.119. The van der Waals surface area contributed by atoms with E-state index < -0.39 is 53.6 Å². The molecule has 2 aromatic rings. The summed E-state index contributed by atoms with van der Waals surface area (Å²) in [6, 6.07) is 6.54. The molecule has 4 N–H and O–H groups in total. The molecule has 2 aliphatic rings. The van der Waals surface area contributed by atoms with E-state index in [2.05, 4.69) is 16.0 Å². The second-order valence-corrected chi connectivity index (χ2v) is 11.0. The van der Waals surface area contributed by atoms with Crippen molar-refractivity contribution in [2.24, 2.45) is 5.92 Å². The highest BCUT2D eigenvalue weighted by Gasteiger charge is 2.31. The average Bonchev–Trinajstić information content (AvgIpc) is 3.41. The van der Waals surface area contributed by atoms with E-state index >= 15 is 4.39 Å². The van der Waals surface area contributed by atoms with Crippen molar-refractivity contribution >= 4 is 40.9 Å². The highest BCUT2D eigenvalue weighted by molar-refractivity contribution is 6.31. The molecule has 9 nitrogen and oxygen atoms in total. The lowest BCUT2D eigenvalue weighted by Crippen LogP contribution is -2.47. The Morgan fingerprint density at radius 2 is 1.72 bits per heavy atom. The molecular weight excluding hydrogens is 601 g/mol. The Kier molecular flexibility index (Phi) is 10.3. The second kappa shape index (κ2) is 13.8. The minimum atomic E-state index is -4.25. The van der Waals surface area contributed by atoms with Crippen LogP contribution in [-0.2, 0) is 11.3 Å². The smallest absolute Gasteiger partial charge is 0.404 e. The zero-order valence-corrected chi connectivity index (χ0v) is 23.7. The monoisotopic (exact) mass is 631 g/mol. The maximum Gasteiger partial charge on any atom is 0.404 e. The standard InChI is InChI=1S/C28H31ClF5N5O4/c29-18-3-6-21(22(14-18)39-11-9-38(10-12-39)8-7-28(32,33)34)37-26(41)20-5-2-17(23(30)24(20)31)15-35-25(40)16-1-4-19(13-16)36-27(42)43/h2-3,5-6,14,16,19,36H,1,4,7-13,15H2,(H,35,40)(H,37,41)(H,42,43)/t16-,19?/m1/s1. The molecule has 0 spiro atoms. The zero-order chi connectivity index (χ0) is 31.3. The number of alkyl halides is 3. The van der Waals surface area contributed by atoms with Gasteiger partial charge in [-0.3, -0.25) is 14.5 Å². The lowest BCUT2D eigenvalue weighted by atomic mass is 10.1. The first-order chi connectivity index (χ1) is 20.3. The molecule has 0 radical (unpaired) electrons. The summed E-state index contributed by atoms with van der Waals surface area (Å²) in [4.78, 5) is 39.8. The summed E-state index contributed by atoms with van der Waals surface area (Å²) in [5, 5.41) is 16.6. The molecular formula is C28H31ClF5N5O4. The van der Waals surface area contributed by atoms with Crippen LogP contribution in [0.2, 0.25) is 5.02 Å². The van der Waals surface area contributed by atoms with Crippen LogP contribution >= 0.6 is 11.6 Å². The van der Waals surface area contributed by atoms with Crippen LogP contribution in [-0.4, -0.2) is 72.9 Å². The van der Waals surface area contributed by atoms with Gasteiger partial charge in [0.2, 0.25) is 5.91 Å². The van der Waals surface area contributed by atoms with Crippen molar-refractivity contribution in [2.75, 3.05) is 42.9 Å². The number of nitrogens with one attached hydrogen (secondary N) is 3. The van der Waals surface area contributed by atoms with Gasteiger partial charge in [0.1, 0.15) is 0 Å². The van der Waals surface area contributed by atoms with Crippen molar-refractivity contribution < 1.29 is 41.4 Å². The third-order valence-corrected chi connectivity index (χ3v) is 7.86. The predicted molar refractivity (Wildman–Crippen MR) is 149 cm³/mol. The SMILES string of the molecule is O=C(O)NC1CC[C@@H](C(=O)NCc2ccc(C(=O)Nc3ccc(Cl)cc3N3CCN(CCC(F)(F)F)CC3)c(F)c2F)C1. The molecule has 2 atom stereocenters. The number of anilines is 2. The summed E-state index contributed by atoms with van der Waals surface area (Å²) < 4.78 is 67.7. The summed E-state index contributed by atoms with van der Waals surface area (Å²) in [5.41, 5.74) is 0.0193. The number of carboxylic acid groups (broad SMARTS) is 1. The Morgan fingerprint density at radius 3 is 2.40 bits per heavy atom. The Morgan fingerprint density at radius 1 is 1.00 bits per heavy atom. The van der Waals surface area contributed by atoms with E-state index in [0.717, 1.165) is 6.07 Å². The van der Waals surface area contributed by atoms with E-state index in [1.54, 1.807) is 11.0 Å². The lowest BCUT2D eigenvalue weighted by molar-refractivity contribution is -0.138. The molecule has 1 aliphatic carbocycles. The van der Waals surface area contributed by atoms with Gasteiger partial charge < -0.3 is 26.0 Å². The Hall–Kier alpha value is -3.65. The van der Waals surface area contributed by atoms with Crippen LogP contribution < -0.4 is 20.9 Å². The van der Waals surface area contributed by atoms with Crippen LogP contribution in [0.3, 0.4) is 0 Å². The topological polar surface area (TPSA) is 114 Å². The van der Waals surface area contributed by atoms with E-state index in [-0.39, 0.29) is 30.4 Å². The molecule has 1 saturated heterocycles. The maximum absolute atomic E-state index is 15.0. The first-order valence-electron chi connectivity index (χ1n) is 13.7. The number of carbonyl (C=O) groups excluding carboxylic acids is 2. The number of halogens is 6. The fourth-order valence-electron chi connectivity index (χ4n) is 5.31. The molecule has 1 saturated carbocycles. The Bertz CT molecular complexity index is 1350. The largest absolute Gasteiger partial charge is 0.465 e. The number of hydrogen-bond acceptors (Lipinski definition) is 5. The highest BCUT2D eigenvalue weighted by Crippen LogP contribution is 2.32. The third kappa shape index (κ3) is 8.69. The third-order valence-electron chi connectivity index (χ3n) is 7.62. The molecule has 2 aromatic carbocycles. The van der Waals surface area contributed by atoms with Crippen LogP contribution in [0.1, 0.15) is 41.6 Å². The van der Waals surface area contributed by atoms with Crippen LogP contribution in [0.25, 0.3) is 0 Å². The summed E-state index contributed by atoms with van der Waals surface area (Å²) in [7, 11) is 0. The number of carbonyl (C=O) groups is 3. The molecule has 0 aromatic heterocycles. The van der Waals surface area contributed by atoms with Gasteiger partial charge >= 0.3 is 12.3 Å². The molecule has 234 valence electrons. The quantitative estimate of drug-likeness (QED) is 0.290. The first kappa shape index (κ1) is 32.3. The highest BCUT2D eigenvalue weighted by atomic mass is 35.5. The van der Waals surface area contributed by atoms with Crippen molar-refractivity contribution in [2.45, 2.75) is 44.4 Å². The van der Waals surface area contributed by atoms with Crippen molar-refractivity contribution in [3.05, 3.63) is 58.1 Å². The zero-order valence-electron chi connectivity index (χ0n) is 22.9. The van der Waals surface area contributed by atoms with Crippen LogP contribution in [0.4, 0.5) is 38.1 Å². The van der Waals surface area contributed by atoms with E-state index in [1.807, 2.05) is 4.90 Å². The van der Waals surface area contributed by atoms with Gasteiger partial charge in [-0.15, -0.1) is 0 Å². The average molecular weight is 632 g/mol. The first-order valence-corrected chi connectivity index (χ1v) is 14.1. The molecule has 1 unspecified atom stereocenters. The molecule has 4 rings (SSSR count). The van der Waals surface area contributed by atoms with E-state index in [1.165, 1.54) is 18.2 Å². The molecule has 2 fully saturated rings. The van der Waals surface area contributed by atoms with Gasteiger partial charge in [-0.1, -0.05) is 17.7 Å². The molecule has 0 bridgehead atoms. The number of benzene rings is 2. The molecule has 3 amide bonds. The summed E-state index contributed by atoms with van der Waals surface area (Å²) in [5.74, 6) is -4.50. The predicted octanol–water partition coefficient (Wildman–Crippen LogP) is 5.00. The number of nitrogens with zero attached hydrogens (tertiary/aromatic N) is 2. The van der Waals surface area contributed by atoms with E-state index in [0.29, 0.717) is 56.2 Å². The van der Waals surface area contributed by atoms with Crippen molar-refractivity contribution in [1.82, 2.24) is 15.5 Å². The van der Waals surface area contributed by atoms with Crippen molar-refractivity contribution in [3.8, 4) is 0 Å². The fourth-order valence-corrected chi connectivity index (χ4v) is 5.48. The van der Waals surface area contributed by atoms with Gasteiger partial charge in [-0.05, 0) is 43.5 Å². The second-order valence-electron chi connectivity index (χ2n) is 10.6. The molecule has 15 heteroatoms. The summed E-state index contributed by atoms with van der Waals surface area (Å²) >= 11 is 6.16. The Balaban J connectivity index is 1.37. The summed E-state index contributed by atoms with van der Waals surface area (Å²) in [6.07, 6.45) is -5.09. The fraction of sp³-hybridized carbons (Fsp3) is 0.464. The number of piperazine rings is 1. The van der Waals surface area contributed by atoms with Gasteiger partial charge in [0, 0.05) is 61.8 Å². The Labute approximate surface area is 249 Å². The van der Waals surface area contributed by atoms with Gasteiger partial charge in [-0.25, -0.2) is 13.6 Å². The van der Waals surface area contributed by atoms with Gasteiger partial charge in [0.15, 0.2) is 11.6 Å². The van der Waals surface area contributed by atoms with E-state index in [4.69, 9.17) is 16.7 Å². The maximum atomic E-state index is 15.0. The minimum Gasteiger partial charge on any atom is -0.465 e. The van der Waals surface area contributed by atoms with Gasteiger partial charge in [-0.2, -0.15) is 13.2 Å². The molecule has 1 aliphatic heterocycles. The molecule has 43 heavy (non-hydrogen) atoms. The van der Waals surface area contributed by atoms with Crippen molar-refractivity contribution in [1.29, 1.82) is 0 Å². The lowest BCUT2D eigenvalue weighted by Gasteiger charge is -2.37. The van der Waals surface area contributed by atoms with Gasteiger partial charge in [0.25, 0.3) is 5.91 Å². The van der Waals surface area contributed by atoms with Crippen LogP contribution in [0.5, 0.6) is 0 Å². The number of amides is 3. The number of rotatable bonds is 9. The van der Waals surface area contributed by atoms with Crippen molar-refractivity contribution in [3.63, 3.8) is 0 Å². The van der Waals surface area contributed by atoms with Crippen LogP contribution in [0, 0.1) is 17.6 Å². The van der Waals surface area contributed by atoms with Gasteiger partial charge in [0.05, 0.1) is 23.4 Å². The van der Waals surface area contributed by atoms with Crippen LogP contribution in [0.15, 0.2) is 30.3 Å². The normalized spacial score (nSPS) is 19.3. The number of hydrogen-bond donors (Lipinski definition) is 4. The van der Waals surface area contributed by atoms with E-state index in [9.17, 15) is 31.9 Å². The summed E-state index contributed by atoms with van der Waals surface area (Å²) in [6.45, 7) is 0.993. The molecule has 1 heterocycles.